The first kappa shape index (κ1) is 14.4. The number of hydrogen-bond acceptors (Lipinski definition) is 4. The van der Waals surface area contributed by atoms with Gasteiger partial charge in [-0.1, -0.05) is 17.7 Å². The Morgan fingerprint density at radius 3 is 2.70 bits per heavy atom. The van der Waals surface area contributed by atoms with Crippen LogP contribution in [0.15, 0.2) is 35.7 Å². The van der Waals surface area contributed by atoms with Crippen LogP contribution in [-0.2, 0) is 17.1 Å². The highest BCUT2D eigenvalue weighted by molar-refractivity contribution is 7.92. The molecular weight excluding hydrogens is 306 g/mol. The number of anilines is 1. The lowest BCUT2D eigenvalue weighted by Crippen LogP contribution is -2.16. The van der Waals surface area contributed by atoms with Gasteiger partial charge in [0.1, 0.15) is 5.56 Å². The van der Waals surface area contributed by atoms with Crippen molar-refractivity contribution >= 4 is 33.3 Å². The van der Waals surface area contributed by atoms with E-state index in [-0.39, 0.29) is 21.3 Å². The van der Waals surface area contributed by atoms with Crippen LogP contribution >= 0.6 is 11.6 Å². The van der Waals surface area contributed by atoms with Crippen molar-refractivity contribution in [1.82, 2.24) is 9.55 Å². The molecular formula is C11H10ClN3O4S. The van der Waals surface area contributed by atoms with Crippen molar-refractivity contribution in [3.63, 3.8) is 0 Å². The molecule has 0 radical (unpaired) electrons. The van der Waals surface area contributed by atoms with Gasteiger partial charge >= 0.3 is 5.97 Å². The summed E-state index contributed by atoms with van der Waals surface area (Å²) in [6, 6.07) is 4.13. The number of aromatic carboxylic acids is 1. The van der Waals surface area contributed by atoms with Crippen LogP contribution in [0, 0.1) is 0 Å². The second-order valence-corrected chi connectivity index (χ2v) is 5.99. The van der Waals surface area contributed by atoms with Gasteiger partial charge in [0.25, 0.3) is 10.0 Å². The fourth-order valence-corrected chi connectivity index (χ4v) is 2.86. The van der Waals surface area contributed by atoms with Gasteiger partial charge in [-0.2, -0.15) is 8.42 Å². The second-order valence-electron chi connectivity index (χ2n) is 3.95. The number of carboxylic acid groups (broad SMARTS) is 1. The third-order valence-electron chi connectivity index (χ3n) is 2.43. The number of sulfonamides is 1. The molecule has 9 heteroatoms. The van der Waals surface area contributed by atoms with Crippen LogP contribution in [-0.4, -0.2) is 29.0 Å². The first-order chi connectivity index (χ1) is 9.31. The summed E-state index contributed by atoms with van der Waals surface area (Å²) in [4.78, 5) is 14.8. The summed E-state index contributed by atoms with van der Waals surface area (Å²) in [6.07, 6.45) is 2.62. The maximum atomic E-state index is 12.1. The summed E-state index contributed by atoms with van der Waals surface area (Å²) < 4.78 is 27.8. The number of halogens is 1. The standard InChI is InChI=1S/C11H10ClN3O4S/c1-15-5-9(13-6-15)20(18,19)14-8-4-2-3-7(12)10(8)11(16)17/h2-6,14H,1H3,(H,16,17). The fourth-order valence-electron chi connectivity index (χ4n) is 1.55. The summed E-state index contributed by atoms with van der Waals surface area (Å²) in [5.74, 6) is -1.32. The maximum Gasteiger partial charge on any atom is 0.339 e. The van der Waals surface area contributed by atoms with E-state index in [4.69, 9.17) is 16.7 Å². The molecule has 0 aliphatic carbocycles. The Labute approximate surface area is 119 Å². The van der Waals surface area contributed by atoms with E-state index in [2.05, 4.69) is 9.71 Å². The van der Waals surface area contributed by atoms with Crippen LogP contribution in [0.4, 0.5) is 5.69 Å². The third kappa shape index (κ3) is 2.75. The summed E-state index contributed by atoms with van der Waals surface area (Å²) in [5.41, 5.74) is -0.427. The average Bonchev–Trinajstić information content (AvgIpc) is 2.75. The van der Waals surface area contributed by atoms with E-state index in [0.29, 0.717) is 0 Å². The van der Waals surface area contributed by atoms with Crippen LogP contribution in [0.5, 0.6) is 0 Å². The number of imidazole rings is 1. The molecule has 20 heavy (non-hydrogen) atoms. The van der Waals surface area contributed by atoms with Crippen LogP contribution in [0.25, 0.3) is 0 Å². The number of hydrogen-bond donors (Lipinski definition) is 2. The number of benzene rings is 1. The Hall–Kier alpha value is -2.06. The predicted octanol–water partition coefficient (Wildman–Crippen LogP) is 1.57. The number of aryl methyl sites for hydroxylation is 1. The van der Waals surface area contributed by atoms with E-state index in [1.54, 1.807) is 7.05 Å². The summed E-state index contributed by atoms with van der Waals surface area (Å²) in [7, 11) is -2.35. The molecule has 0 amide bonds. The second kappa shape index (κ2) is 5.14. The Morgan fingerprint density at radius 2 is 2.15 bits per heavy atom. The zero-order valence-electron chi connectivity index (χ0n) is 10.2. The van der Waals surface area contributed by atoms with Gasteiger partial charge in [0.2, 0.25) is 0 Å². The van der Waals surface area contributed by atoms with Crippen LogP contribution in [0.2, 0.25) is 5.02 Å². The van der Waals surface area contributed by atoms with E-state index >= 15 is 0 Å². The van der Waals surface area contributed by atoms with Crippen molar-refractivity contribution in [1.29, 1.82) is 0 Å². The monoisotopic (exact) mass is 315 g/mol. The average molecular weight is 316 g/mol. The van der Waals surface area contributed by atoms with Gasteiger partial charge in [-0.05, 0) is 12.1 Å². The van der Waals surface area contributed by atoms with Crippen molar-refractivity contribution in [2.24, 2.45) is 7.05 Å². The Morgan fingerprint density at radius 1 is 1.45 bits per heavy atom. The van der Waals surface area contributed by atoms with E-state index in [9.17, 15) is 13.2 Å². The SMILES string of the molecule is Cn1cnc(S(=O)(=O)Nc2cccc(Cl)c2C(=O)O)c1. The van der Waals surface area contributed by atoms with Crippen LogP contribution in [0.1, 0.15) is 10.4 Å². The van der Waals surface area contributed by atoms with Gasteiger partial charge in [-0.15, -0.1) is 0 Å². The third-order valence-corrected chi connectivity index (χ3v) is 3.99. The van der Waals surface area contributed by atoms with Gasteiger partial charge < -0.3 is 9.67 Å². The molecule has 1 heterocycles. The lowest BCUT2D eigenvalue weighted by molar-refractivity contribution is 0.0698. The molecule has 0 unspecified atom stereocenters. The van der Waals surface area contributed by atoms with Crippen molar-refractivity contribution < 1.29 is 18.3 Å². The lowest BCUT2D eigenvalue weighted by Gasteiger charge is -2.09. The molecule has 0 atom stereocenters. The largest absolute Gasteiger partial charge is 0.478 e. The molecule has 1 aromatic heterocycles. The molecule has 0 spiro atoms. The number of nitrogens with zero attached hydrogens (tertiary/aromatic N) is 2. The van der Waals surface area contributed by atoms with Gasteiger partial charge in [0, 0.05) is 13.2 Å². The smallest absolute Gasteiger partial charge is 0.339 e. The highest BCUT2D eigenvalue weighted by Crippen LogP contribution is 2.26. The van der Waals surface area contributed by atoms with Gasteiger partial charge in [-0.3, -0.25) is 4.72 Å². The first-order valence-electron chi connectivity index (χ1n) is 5.34. The molecule has 1 aromatic carbocycles. The zero-order chi connectivity index (χ0) is 14.9. The molecule has 0 aliphatic rings. The Balaban J connectivity index is 2.45. The van der Waals surface area contributed by atoms with Gasteiger partial charge in [0.05, 0.1) is 17.0 Å². The lowest BCUT2D eigenvalue weighted by atomic mass is 10.2. The maximum absolute atomic E-state index is 12.1. The van der Waals surface area contributed by atoms with Crippen LogP contribution < -0.4 is 4.72 Å². The summed E-state index contributed by atoms with van der Waals surface area (Å²) in [5, 5.41) is 8.81. The van der Waals surface area contributed by atoms with Crippen molar-refractivity contribution in [3.8, 4) is 0 Å². The minimum absolute atomic E-state index is 0.0567. The number of aromatic nitrogens is 2. The molecule has 106 valence electrons. The normalized spacial score (nSPS) is 11.3. The molecule has 2 rings (SSSR count). The molecule has 0 bridgehead atoms. The topological polar surface area (TPSA) is 101 Å². The molecule has 0 saturated carbocycles. The van der Waals surface area contributed by atoms with E-state index in [0.717, 1.165) is 0 Å². The highest BCUT2D eigenvalue weighted by Gasteiger charge is 2.22. The summed E-state index contributed by atoms with van der Waals surface area (Å²) >= 11 is 5.77. The molecule has 2 aromatic rings. The van der Waals surface area contributed by atoms with Gasteiger partial charge in [-0.25, -0.2) is 9.78 Å². The number of nitrogens with one attached hydrogen (secondary N) is 1. The highest BCUT2D eigenvalue weighted by atomic mass is 35.5. The number of carbonyl (C=O) groups is 1. The first-order valence-corrected chi connectivity index (χ1v) is 7.20. The fraction of sp³-hybridized carbons (Fsp3) is 0.0909. The van der Waals surface area contributed by atoms with Crippen molar-refractivity contribution in [2.45, 2.75) is 5.03 Å². The molecule has 0 aliphatic heterocycles. The minimum atomic E-state index is -3.97. The number of rotatable bonds is 4. The Kier molecular flexibility index (Phi) is 3.69. The van der Waals surface area contributed by atoms with Crippen LogP contribution in [0.3, 0.4) is 0 Å². The minimum Gasteiger partial charge on any atom is -0.478 e. The molecule has 0 fully saturated rings. The number of carboxylic acids is 1. The van der Waals surface area contributed by atoms with Crippen molar-refractivity contribution in [3.05, 3.63) is 41.3 Å². The quantitative estimate of drug-likeness (QED) is 0.891. The molecule has 2 N–H and O–H groups in total. The molecule has 0 saturated heterocycles. The van der Waals surface area contributed by atoms with E-state index < -0.39 is 16.0 Å². The summed E-state index contributed by atoms with van der Waals surface area (Å²) in [6.45, 7) is 0. The van der Waals surface area contributed by atoms with E-state index in [1.807, 2.05) is 0 Å². The predicted molar refractivity (Wildman–Crippen MR) is 72.4 cm³/mol. The Bertz CT molecular complexity index is 770. The van der Waals surface area contributed by atoms with Crippen molar-refractivity contribution in [2.75, 3.05) is 4.72 Å². The zero-order valence-corrected chi connectivity index (χ0v) is 11.8. The van der Waals surface area contributed by atoms with E-state index in [1.165, 1.54) is 35.3 Å². The molecule has 7 nitrogen and oxygen atoms in total. The van der Waals surface area contributed by atoms with Gasteiger partial charge in [0.15, 0.2) is 5.03 Å².